The fourth-order valence-corrected chi connectivity index (χ4v) is 2.97. The topological polar surface area (TPSA) is 147 Å². The first-order chi connectivity index (χ1) is 11.3. The van der Waals surface area contributed by atoms with Gasteiger partial charge in [0.2, 0.25) is 11.8 Å². The van der Waals surface area contributed by atoms with E-state index < -0.39 is 35.0 Å². The van der Waals surface area contributed by atoms with E-state index >= 15 is 0 Å². The lowest BCUT2D eigenvalue weighted by Crippen LogP contribution is -2.41. The lowest BCUT2D eigenvalue weighted by Gasteiger charge is -2.10. The SMILES string of the molecule is NC(=O)N1C(=O)CC(SCC(=O)Nc2ccc(C(=O)O)cc2)C1=O. The molecule has 1 unspecified atom stereocenters. The highest BCUT2D eigenvalue weighted by atomic mass is 32.2. The van der Waals surface area contributed by atoms with Crippen molar-refractivity contribution in [2.24, 2.45) is 5.73 Å². The molecule has 4 N–H and O–H groups in total. The Morgan fingerprint density at radius 2 is 1.88 bits per heavy atom. The molecule has 0 bridgehead atoms. The highest BCUT2D eigenvalue weighted by Gasteiger charge is 2.42. The van der Waals surface area contributed by atoms with Gasteiger partial charge in [-0.25, -0.2) is 9.59 Å². The summed E-state index contributed by atoms with van der Waals surface area (Å²) in [4.78, 5) is 57.3. The molecule has 126 valence electrons. The number of rotatable bonds is 5. The molecule has 1 heterocycles. The average molecular weight is 351 g/mol. The van der Waals surface area contributed by atoms with Gasteiger partial charge in [0.15, 0.2) is 0 Å². The molecule has 5 amide bonds. The van der Waals surface area contributed by atoms with Crippen LogP contribution in [0.5, 0.6) is 0 Å². The van der Waals surface area contributed by atoms with Gasteiger partial charge >= 0.3 is 12.0 Å². The number of carboxylic acids is 1. The Hall–Kier alpha value is -2.88. The Labute approximate surface area is 140 Å². The Morgan fingerprint density at radius 1 is 1.25 bits per heavy atom. The van der Waals surface area contributed by atoms with E-state index in [4.69, 9.17) is 10.8 Å². The molecule has 0 spiro atoms. The molecule has 0 saturated carbocycles. The number of hydrogen-bond donors (Lipinski definition) is 3. The van der Waals surface area contributed by atoms with Crippen molar-refractivity contribution in [3.8, 4) is 0 Å². The number of benzene rings is 1. The number of aromatic carboxylic acids is 1. The number of carbonyl (C=O) groups is 5. The summed E-state index contributed by atoms with van der Waals surface area (Å²) < 4.78 is 0. The van der Waals surface area contributed by atoms with Crippen molar-refractivity contribution < 1.29 is 29.1 Å². The Balaban J connectivity index is 1.87. The van der Waals surface area contributed by atoms with Crippen molar-refractivity contribution in [3.63, 3.8) is 0 Å². The number of carboxylic acid groups (broad SMARTS) is 1. The first-order valence-electron chi connectivity index (χ1n) is 6.70. The summed E-state index contributed by atoms with van der Waals surface area (Å²) in [7, 11) is 0. The van der Waals surface area contributed by atoms with E-state index in [1.807, 2.05) is 0 Å². The minimum Gasteiger partial charge on any atom is -0.478 e. The zero-order valence-corrected chi connectivity index (χ0v) is 13.0. The number of anilines is 1. The molecule has 0 aliphatic carbocycles. The second-order valence-electron chi connectivity index (χ2n) is 4.84. The molecule has 0 radical (unpaired) electrons. The third-order valence-corrected chi connectivity index (χ3v) is 4.36. The lowest BCUT2D eigenvalue weighted by molar-refractivity contribution is -0.134. The van der Waals surface area contributed by atoms with Crippen molar-refractivity contribution in [2.45, 2.75) is 11.7 Å². The minimum absolute atomic E-state index is 0.0870. The molecular formula is C14H13N3O6S. The number of amides is 5. The number of imide groups is 3. The van der Waals surface area contributed by atoms with Crippen molar-refractivity contribution in [1.29, 1.82) is 0 Å². The largest absolute Gasteiger partial charge is 0.478 e. The Kier molecular flexibility index (Phi) is 5.19. The minimum atomic E-state index is -1.13. The molecule has 1 atom stereocenters. The van der Waals surface area contributed by atoms with Crippen LogP contribution in [0, 0.1) is 0 Å². The van der Waals surface area contributed by atoms with Gasteiger partial charge in [0.05, 0.1) is 16.6 Å². The van der Waals surface area contributed by atoms with Gasteiger partial charge < -0.3 is 16.2 Å². The van der Waals surface area contributed by atoms with E-state index in [2.05, 4.69) is 5.32 Å². The molecule has 1 aliphatic heterocycles. The smallest absolute Gasteiger partial charge is 0.335 e. The van der Waals surface area contributed by atoms with Gasteiger partial charge in [0.1, 0.15) is 0 Å². The van der Waals surface area contributed by atoms with Crippen molar-refractivity contribution in [1.82, 2.24) is 4.90 Å². The third-order valence-electron chi connectivity index (χ3n) is 3.16. The van der Waals surface area contributed by atoms with Crippen LogP contribution in [0.4, 0.5) is 10.5 Å². The first kappa shape index (κ1) is 17.5. The van der Waals surface area contributed by atoms with Gasteiger partial charge in [-0.2, -0.15) is 4.90 Å². The molecule has 9 nitrogen and oxygen atoms in total. The maximum absolute atomic E-state index is 11.8. The van der Waals surface area contributed by atoms with Gasteiger partial charge in [-0.3, -0.25) is 14.4 Å². The molecule has 1 fully saturated rings. The van der Waals surface area contributed by atoms with Crippen molar-refractivity contribution in [2.75, 3.05) is 11.1 Å². The molecule has 1 saturated heterocycles. The summed E-state index contributed by atoms with van der Waals surface area (Å²) in [5.41, 5.74) is 5.44. The molecule has 10 heteroatoms. The van der Waals surface area contributed by atoms with E-state index in [1.165, 1.54) is 24.3 Å². The lowest BCUT2D eigenvalue weighted by atomic mass is 10.2. The fourth-order valence-electron chi connectivity index (χ4n) is 2.04. The molecule has 2 rings (SSSR count). The van der Waals surface area contributed by atoms with Crippen LogP contribution in [0.1, 0.15) is 16.8 Å². The summed E-state index contributed by atoms with van der Waals surface area (Å²) in [6.07, 6.45) is -0.187. The summed E-state index contributed by atoms with van der Waals surface area (Å²) in [6, 6.07) is 4.43. The predicted molar refractivity (Wildman–Crippen MR) is 84.3 cm³/mol. The maximum Gasteiger partial charge on any atom is 0.335 e. The normalized spacial score (nSPS) is 17.0. The second-order valence-corrected chi connectivity index (χ2v) is 6.03. The molecule has 24 heavy (non-hydrogen) atoms. The Morgan fingerprint density at radius 3 is 2.38 bits per heavy atom. The van der Waals surface area contributed by atoms with Crippen molar-refractivity contribution >= 4 is 47.2 Å². The van der Waals surface area contributed by atoms with Crippen LogP contribution in [0.3, 0.4) is 0 Å². The molecule has 1 aromatic carbocycles. The number of likely N-dealkylation sites (tertiary alicyclic amines) is 1. The van der Waals surface area contributed by atoms with Gasteiger partial charge in [-0.1, -0.05) is 0 Å². The number of nitrogens with one attached hydrogen (secondary N) is 1. The number of thioether (sulfide) groups is 1. The van der Waals surface area contributed by atoms with Crippen LogP contribution in [0.15, 0.2) is 24.3 Å². The van der Waals surface area contributed by atoms with E-state index in [0.29, 0.717) is 10.6 Å². The van der Waals surface area contributed by atoms with Gasteiger partial charge in [0.25, 0.3) is 5.91 Å². The van der Waals surface area contributed by atoms with Crippen LogP contribution in [-0.2, 0) is 14.4 Å². The molecule has 1 aliphatic rings. The zero-order valence-electron chi connectivity index (χ0n) is 12.2. The molecule has 0 aromatic heterocycles. The van der Waals surface area contributed by atoms with Crippen molar-refractivity contribution in [3.05, 3.63) is 29.8 Å². The maximum atomic E-state index is 11.8. The Bertz CT molecular complexity index is 718. The second kappa shape index (κ2) is 7.13. The zero-order chi connectivity index (χ0) is 17.9. The van der Waals surface area contributed by atoms with Crippen LogP contribution >= 0.6 is 11.8 Å². The van der Waals surface area contributed by atoms with Gasteiger partial charge in [-0.15, -0.1) is 11.8 Å². The average Bonchev–Trinajstić information content (AvgIpc) is 2.80. The molecular weight excluding hydrogens is 338 g/mol. The van der Waals surface area contributed by atoms with E-state index in [9.17, 15) is 24.0 Å². The van der Waals surface area contributed by atoms with E-state index in [-0.39, 0.29) is 17.7 Å². The highest BCUT2D eigenvalue weighted by Crippen LogP contribution is 2.25. The van der Waals surface area contributed by atoms with Gasteiger partial charge in [0, 0.05) is 12.1 Å². The standard InChI is InChI=1S/C14H13N3O6S/c15-14(23)17-11(19)5-9(12(17)20)24-6-10(18)16-8-3-1-7(2-4-8)13(21)22/h1-4,9H,5-6H2,(H2,15,23)(H,16,18)(H,21,22). The number of urea groups is 1. The van der Waals surface area contributed by atoms with E-state index in [0.717, 1.165) is 11.8 Å². The number of hydrogen-bond acceptors (Lipinski definition) is 6. The number of carbonyl (C=O) groups excluding carboxylic acids is 4. The fraction of sp³-hybridized carbons (Fsp3) is 0.214. The van der Waals surface area contributed by atoms with E-state index in [1.54, 1.807) is 0 Å². The van der Waals surface area contributed by atoms with Crippen LogP contribution in [-0.4, -0.2) is 50.7 Å². The first-order valence-corrected chi connectivity index (χ1v) is 7.75. The van der Waals surface area contributed by atoms with Crippen LogP contribution < -0.4 is 11.1 Å². The molecule has 1 aromatic rings. The quantitative estimate of drug-likeness (QED) is 0.645. The predicted octanol–water partition coefficient (Wildman–Crippen LogP) is 0.263. The number of nitrogens with zero attached hydrogens (tertiary/aromatic N) is 1. The number of nitrogens with two attached hydrogens (primary N) is 1. The highest BCUT2D eigenvalue weighted by molar-refractivity contribution is 8.01. The van der Waals surface area contributed by atoms with Crippen LogP contribution in [0.25, 0.3) is 0 Å². The monoisotopic (exact) mass is 351 g/mol. The van der Waals surface area contributed by atoms with Gasteiger partial charge in [-0.05, 0) is 24.3 Å². The summed E-state index contributed by atoms with van der Waals surface area (Å²) in [5.74, 6) is -3.03. The summed E-state index contributed by atoms with van der Waals surface area (Å²) in [6.45, 7) is 0. The number of primary amides is 1. The third kappa shape index (κ3) is 3.90. The summed E-state index contributed by atoms with van der Waals surface area (Å²) >= 11 is 0.926. The summed E-state index contributed by atoms with van der Waals surface area (Å²) in [5, 5.41) is 10.5. The van der Waals surface area contributed by atoms with Crippen LogP contribution in [0.2, 0.25) is 0 Å².